The number of nitrogens with one attached hydrogen (secondary N) is 1. The van der Waals surface area contributed by atoms with Crippen molar-refractivity contribution in [3.63, 3.8) is 0 Å². The number of rotatable bonds is 2. The molecule has 1 aromatic rings. The molecule has 1 unspecified atom stereocenters. The van der Waals surface area contributed by atoms with E-state index in [1.54, 1.807) is 19.1 Å². The van der Waals surface area contributed by atoms with Crippen molar-refractivity contribution >= 4 is 11.8 Å². The quantitative estimate of drug-likeness (QED) is 0.848. The Morgan fingerprint density at radius 1 is 1.23 bits per heavy atom. The van der Waals surface area contributed by atoms with Crippen LogP contribution in [0, 0.1) is 5.41 Å². The van der Waals surface area contributed by atoms with Gasteiger partial charge in [-0.15, -0.1) is 0 Å². The fraction of sp³-hybridized carbons (Fsp3) is 0.400. The van der Waals surface area contributed by atoms with Gasteiger partial charge in [-0.25, -0.2) is 4.79 Å². The second-order valence-corrected chi connectivity index (χ2v) is 7.85. The fourth-order valence-electron chi connectivity index (χ4n) is 4.15. The first kappa shape index (κ1) is 16.7. The van der Waals surface area contributed by atoms with E-state index in [1.807, 2.05) is 6.07 Å². The standard InChI is InChI=1S/C20H21NO5/c1-10-16(19(23)24)17(11-4-5-14-15(6-11)26-9-25-14)18-12(21-10)7-20(2,3)8-13(18)22/h4-6,17,21H,7-9H2,1-3H3,(H,23,24). The largest absolute Gasteiger partial charge is 0.478 e. The van der Waals surface area contributed by atoms with Crippen LogP contribution in [0.15, 0.2) is 40.7 Å². The Balaban J connectivity index is 1.89. The smallest absolute Gasteiger partial charge is 0.334 e. The molecule has 0 saturated heterocycles. The molecule has 0 saturated carbocycles. The number of aliphatic carboxylic acids is 1. The number of ether oxygens (including phenoxy) is 2. The first-order valence-corrected chi connectivity index (χ1v) is 8.64. The highest BCUT2D eigenvalue weighted by Crippen LogP contribution is 2.48. The monoisotopic (exact) mass is 355 g/mol. The van der Waals surface area contributed by atoms with Crippen molar-refractivity contribution in [3.05, 3.63) is 46.3 Å². The summed E-state index contributed by atoms with van der Waals surface area (Å²) in [5.74, 6) is -0.430. The topological polar surface area (TPSA) is 84.9 Å². The number of Topliss-reactive ketones (excluding diaryl/α,β-unsaturated/α-hetero) is 1. The molecule has 136 valence electrons. The van der Waals surface area contributed by atoms with E-state index >= 15 is 0 Å². The third kappa shape index (κ3) is 2.57. The van der Waals surface area contributed by atoms with Gasteiger partial charge in [-0.3, -0.25) is 4.79 Å². The Morgan fingerprint density at radius 3 is 2.69 bits per heavy atom. The zero-order valence-electron chi connectivity index (χ0n) is 15.0. The van der Waals surface area contributed by atoms with Crippen molar-refractivity contribution < 1.29 is 24.2 Å². The minimum atomic E-state index is -1.03. The zero-order chi connectivity index (χ0) is 18.6. The van der Waals surface area contributed by atoms with Crippen molar-refractivity contribution in [2.45, 2.75) is 39.5 Å². The highest BCUT2D eigenvalue weighted by atomic mass is 16.7. The summed E-state index contributed by atoms with van der Waals surface area (Å²) in [6.07, 6.45) is 1.11. The van der Waals surface area contributed by atoms with Gasteiger partial charge in [0.1, 0.15) is 0 Å². The van der Waals surface area contributed by atoms with Gasteiger partial charge in [-0.1, -0.05) is 19.9 Å². The van der Waals surface area contributed by atoms with Crippen LogP contribution in [0.25, 0.3) is 0 Å². The maximum Gasteiger partial charge on any atom is 0.334 e. The number of carbonyl (C=O) groups excluding carboxylic acids is 1. The molecule has 2 aliphatic heterocycles. The van der Waals surface area contributed by atoms with Gasteiger partial charge >= 0.3 is 5.97 Å². The second kappa shape index (κ2) is 5.62. The van der Waals surface area contributed by atoms with Crippen LogP contribution in [0.4, 0.5) is 0 Å². The van der Waals surface area contributed by atoms with Gasteiger partial charge in [-0.2, -0.15) is 0 Å². The average Bonchev–Trinajstić information content (AvgIpc) is 2.99. The molecule has 6 nitrogen and oxygen atoms in total. The molecule has 0 radical (unpaired) electrons. The molecule has 4 rings (SSSR count). The normalized spacial score (nSPS) is 23.7. The highest BCUT2D eigenvalue weighted by Gasteiger charge is 2.43. The molecule has 2 N–H and O–H groups in total. The van der Waals surface area contributed by atoms with Crippen molar-refractivity contribution in [1.29, 1.82) is 0 Å². The van der Waals surface area contributed by atoms with Gasteiger partial charge in [0.25, 0.3) is 0 Å². The molecule has 1 aliphatic carbocycles. The van der Waals surface area contributed by atoms with Crippen molar-refractivity contribution in [1.82, 2.24) is 5.32 Å². The lowest BCUT2D eigenvalue weighted by Gasteiger charge is -2.39. The Labute approximate surface area is 151 Å². The number of hydrogen-bond donors (Lipinski definition) is 2. The number of hydrogen-bond acceptors (Lipinski definition) is 5. The van der Waals surface area contributed by atoms with Gasteiger partial charge in [0.05, 0.1) is 5.57 Å². The molecule has 3 aliphatic rings. The van der Waals surface area contributed by atoms with Gasteiger partial charge in [-0.05, 0) is 36.5 Å². The fourth-order valence-corrected chi connectivity index (χ4v) is 4.15. The Morgan fingerprint density at radius 2 is 1.96 bits per heavy atom. The average molecular weight is 355 g/mol. The van der Waals surface area contributed by atoms with Crippen molar-refractivity contribution in [3.8, 4) is 11.5 Å². The molecule has 0 aromatic heterocycles. The maximum absolute atomic E-state index is 13.0. The predicted octanol–water partition coefficient (Wildman–Crippen LogP) is 3.10. The van der Waals surface area contributed by atoms with E-state index in [0.717, 1.165) is 11.3 Å². The lowest BCUT2D eigenvalue weighted by molar-refractivity contribution is -0.133. The lowest BCUT2D eigenvalue weighted by Crippen LogP contribution is -2.38. The summed E-state index contributed by atoms with van der Waals surface area (Å²) in [5.41, 5.74) is 2.75. The van der Waals surface area contributed by atoms with Crippen molar-refractivity contribution in [2.75, 3.05) is 6.79 Å². The summed E-state index contributed by atoms with van der Waals surface area (Å²) in [5, 5.41) is 13.0. The lowest BCUT2D eigenvalue weighted by atomic mass is 9.68. The molecule has 2 heterocycles. The Hall–Kier alpha value is -2.76. The first-order chi connectivity index (χ1) is 12.3. The van der Waals surface area contributed by atoms with Crippen LogP contribution in [0.1, 0.15) is 45.1 Å². The molecule has 0 spiro atoms. The summed E-state index contributed by atoms with van der Waals surface area (Å²) < 4.78 is 10.8. The van der Waals surface area contributed by atoms with E-state index in [-0.39, 0.29) is 23.6 Å². The maximum atomic E-state index is 13.0. The third-order valence-electron chi connectivity index (χ3n) is 5.20. The molecular weight excluding hydrogens is 334 g/mol. The number of carbonyl (C=O) groups is 2. The minimum Gasteiger partial charge on any atom is -0.478 e. The summed E-state index contributed by atoms with van der Waals surface area (Å²) in [7, 11) is 0. The molecule has 0 fully saturated rings. The molecule has 0 bridgehead atoms. The molecular formula is C20H21NO5. The van der Waals surface area contributed by atoms with E-state index in [2.05, 4.69) is 19.2 Å². The number of carboxylic acids is 1. The minimum absolute atomic E-state index is 0.00216. The number of carboxylic acid groups (broad SMARTS) is 1. The van der Waals surface area contributed by atoms with E-state index < -0.39 is 11.9 Å². The molecule has 6 heteroatoms. The van der Waals surface area contributed by atoms with Crippen LogP contribution in [-0.4, -0.2) is 23.7 Å². The van der Waals surface area contributed by atoms with Crippen LogP contribution in [0.5, 0.6) is 11.5 Å². The van der Waals surface area contributed by atoms with E-state index in [4.69, 9.17) is 9.47 Å². The SMILES string of the molecule is CC1=C(C(=O)O)C(c2ccc3c(c2)OCO3)C2=C(CC(C)(C)CC2=O)N1. The number of dihydropyridines is 1. The second-order valence-electron chi connectivity index (χ2n) is 7.85. The van der Waals surface area contributed by atoms with Gasteiger partial charge in [0.15, 0.2) is 17.3 Å². The van der Waals surface area contributed by atoms with Gasteiger partial charge in [0, 0.05) is 29.3 Å². The Bertz CT molecular complexity index is 893. The third-order valence-corrected chi connectivity index (χ3v) is 5.20. The van der Waals surface area contributed by atoms with Crippen molar-refractivity contribution in [2.24, 2.45) is 5.41 Å². The van der Waals surface area contributed by atoms with Gasteiger partial charge in [0.2, 0.25) is 6.79 Å². The summed E-state index contributed by atoms with van der Waals surface area (Å²) in [6, 6.07) is 5.37. The number of ketones is 1. The van der Waals surface area contributed by atoms with E-state index in [9.17, 15) is 14.7 Å². The van der Waals surface area contributed by atoms with Crippen LogP contribution >= 0.6 is 0 Å². The molecule has 0 amide bonds. The zero-order valence-corrected chi connectivity index (χ0v) is 15.0. The number of fused-ring (bicyclic) bond motifs is 1. The van der Waals surface area contributed by atoms with Crippen LogP contribution in [-0.2, 0) is 9.59 Å². The van der Waals surface area contributed by atoms with E-state index in [0.29, 0.717) is 35.6 Å². The van der Waals surface area contributed by atoms with Gasteiger partial charge < -0.3 is 19.9 Å². The summed E-state index contributed by atoms with van der Waals surface area (Å²) >= 11 is 0. The van der Waals surface area contributed by atoms with Crippen LogP contribution < -0.4 is 14.8 Å². The predicted molar refractivity (Wildman–Crippen MR) is 93.8 cm³/mol. The first-order valence-electron chi connectivity index (χ1n) is 8.64. The van der Waals surface area contributed by atoms with Crippen LogP contribution in [0.2, 0.25) is 0 Å². The molecule has 1 aromatic carbocycles. The number of benzene rings is 1. The van der Waals surface area contributed by atoms with Crippen LogP contribution in [0.3, 0.4) is 0 Å². The summed E-state index contributed by atoms with van der Waals surface area (Å²) in [4.78, 5) is 25.0. The van der Waals surface area contributed by atoms with E-state index in [1.165, 1.54) is 0 Å². The summed E-state index contributed by atoms with van der Waals surface area (Å²) in [6.45, 7) is 6.00. The molecule has 26 heavy (non-hydrogen) atoms. The Kier molecular flexibility index (Phi) is 3.61. The number of allylic oxidation sites excluding steroid dienone is 3. The molecule has 1 atom stereocenters. The highest BCUT2D eigenvalue weighted by molar-refractivity contribution is 6.03.